The van der Waals surface area contributed by atoms with Gasteiger partial charge in [-0.05, 0) is 46.4 Å². The molecule has 1 aliphatic rings. The average molecular weight is 365 g/mol. The second-order valence-corrected chi connectivity index (χ2v) is 6.06. The maximum atomic E-state index is 10.9. The topological polar surface area (TPSA) is 72.4 Å². The quantitative estimate of drug-likeness (QED) is 0.661. The van der Waals surface area contributed by atoms with Crippen molar-refractivity contribution in [2.75, 3.05) is 13.1 Å². The van der Waals surface area contributed by atoms with E-state index in [1.54, 1.807) is 12.1 Å². The molecule has 1 aliphatic heterocycles. The number of piperidine rings is 1. The lowest BCUT2D eigenvalue weighted by Gasteiger charge is -2.35. The van der Waals surface area contributed by atoms with Gasteiger partial charge >= 0.3 is 0 Å². The maximum Gasteiger partial charge on any atom is 0.283 e. The molecule has 0 aromatic heterocycles. The molecule has 112 valence electrons. The van der Waals surface area contributed by atoms with Crippen LogP contribution in [0.25, 0.3) is 0 Å². The van der Waals surface area contributed by atoms with Crippen LogP contribution in [-0.4, -0.2) is 29.0 Å². The van der Waals surface area contributed by atoms with Gasteiger partial charge in [-0.2, -0.15) is 0 Å². The summed E-state index contributed by atoms with van der Waals surface area (Å²) in [5, 5.41) is 10.9. The molecule has 0 bridgehead atoms. The molecule has 0 saturated carbocycles. The summed E-state index contributed by atoms with van der Waals surface area (Å²) in [4.78, 5) is 12.9. The van der Waals surface area contributed by atoms with Crippen molar-refractivity contribution in [3.05, 3.63) is 38.3 Å². The first-order chi connectivity index (χ1) is 8.97. The molecule has 0 radical (unpaired) electrons. The Morgan fingerprint density at radius 3 is 2.85 bits per heavy atom. The minimum Gasteiger partial charge on any atom is -0.327 e. The highest BCUT2D eigenvalue weighted by atomic mass is 79.9. The summed E-state index contributed by atoms with van der Waals surface area (Å²) in [7, 11) is 0. The molecular formula is C13H19BrClN3O2. The number of nitrogens with zero attached hydrogens (tertiary/aromatic N) is 2. The lowest BCUT2D eigenvalue weighted by Crippen LogP contribution is -2.45. The number of halogens is 2. The number of hydrogen-bond donors (Lipinski definition) is 1. The number of hydrogen-bond acceptors (Lipinski definition) is 4. The van der Waals surface area contributed by atoms with Crippen LogP contribution < -0.4 is 5.73 Å². The van der Waals surface area contributed by atoms with Gasteiger partial charge in [0, 0.05) is 25.2 Å². The van der Waals surface area contributed by atoms with Crippen molar-refractivity contribution in [2.45, 2.75) is 25.9 Å². The molecule has 1 fully saturated rings. The van der Waals surface area contributed by atoms with Crippen LogP contribution in [0, 0.1) is 16.0 Å². The number of nitrogens with two attached hydrogens (primary N) is 1. The zero-order valence-corrected chi connectivity index (χ0v) is 13.7. The molecule has 7 heteroatoms. The van der Waals surface area contributed by atoms with Gasteiger partial charge in [0.25, 0.3) is 5.69 Å². The Balaban J connectivity index is 0.00000200. The lowest BCUT2D eigenvalue weighted by atomic mass is 9.94. The highest BCUT2D eigenvalue weighted by Crippen LogP contribution is 2.27. The van der Waals surface area contributed by atoms with Gasteiger partial charge in [0.2, 0.25) is 0 Å². The summed E-state index contributed by atoms with van der Waals surface area (Å²) in [6, 6.07) is 5.59. The second kappa shape index (κ2) is 7.36. The van der Waals surface area contributed by atoms with E-state index in [1.165, 1.54) is 0 Å². The average Bonchev–Trinajstić information content (AvgIpc) is 2.36. The fraction of sp³-hybridized carbons (Fsp3) is 0.538. The Morgan fingerprint density at radius 2 is 2.25 bits per heavy atom. The molecule has 1 aromatic rings. The Bertz CT molecular complexity index is 487. The minimum absolute atomic E-state index is 0. The predicted molar refractivity (Wildman–Crippen MR) is 85.1 cm³/mol. The number of rotatable bonds is 3. The number of likely N-dealkylation sites (tertiary alicyclic amines) is 1. The zero-order valence-electron chi connectivity index (χ0n) is 11.3. The molecule has 0 spiro atoms. The van der Waals surface area contributed by atoms with Crippen molar-refractivity contribution in [1.82, 2.24) is 4.90 Å². The van der Waals surface area contributed by atoms with Crippen LogP contribution in [0.15, 0.2) is 22.7 Å². The van der Waals surface area contributed by atoms with E-state index in [4.69, 9.17) is 5.73 Å². The number of nitro benzene ring substituents is 1. The maximum absolute atomic E-state index is 10.9. The van der Waals surface area contributed by atoms with Crippen LogP contribution >= 0.6 is 28.3 Å². The highest BCUT2D eigenvalue weighted by Gasteiger charge is 2.23. The summed E-state index contributed by atoms with van der Waals surface area (Å²) in [5.41, 5.74) is 7.09. The van der Waals surface area contributed by atoms with Crippen LogP contribution in [0.3, 0.4) is 0 Å². The van der Waals surface area contributed by atoms with E-state index in [-0.39, 0.29) is 29.1 Å². The third-order valence-electron chi connectivity index (χ3n) is 3.67. The normalized spacial score (nSPS) is 23.1. The highest BCUT2D eigenvalue weighted by molar-refractivity contribution is 9.10. The van der Waals surface area contributed by atoms with E-state index in [0.29, 0.717) is 10.4 Å². The number of benzene rings is 1. The van der Waals surface area contributed by atoms with Gasteiger partial charge in [0.1, 0.15) is 0 Å². The van der Waals surface area contributed by atoms with Crippen molar-refractivity contribution in [2.24, 2.45) is 11.7 Å². The largest absolute Gasteiger partial charge is 0.327 e. The molecule has 0 amide bonds. The first-order valence-electron chi connectivity index (χ1n) is 6.38. The molecule has 5 nitrogen and oxygen atoms in total. The van der Waals surface area contributed by atoms with Crippen molar-refractivity contribution < 1.29 is 4.92 Å². The van der Waals surface area contributed by atoms with Crippen LogP contribution in [-0.2, 0) is 6.54 Å². The van der Waals surface area contributed by atoms with Gasteiger partial charge in [0.05, 0.1) is 9.40 Å². The van der Waals surface area contributed by atoms with E-state index in [2.05, 4.69) is 27.8 Å². The van der Waals surface area contributed by atoms with Gasteiger partial charge in [-0.1, -0.05) is 13.0 Å². The molecular weight excluding hydrogens is 346 g/mol. The van der Waals surface area contributed by atoms with E-state index in [0.717, 1.165) is 31.6 Å². The minimum atomic E-state index is -0.359. The van der Waals surface area contributed by atoms with E-state index >= 15 is 0 Å². The molecule has 1 aromatic carbocycles. The predicted octanol–water partition coefficient (Wildman–Crippen LogP) is 2.95. The summed E-state index contributed by atoms with van der Waals surface area (Å²) in [6.45, 7) is 4.80. The number of nitro groups is 1. The molecule has 2 unspecified atom stereocenters. The smallest absolute Gasteiger partial charge is 0.283 e. The molecule has 1 saturated heterocycles. The third-order valence-corrected chi connectivity index (χ3v) is 4.34. The van der Waals surface area contributed by atoms with Gasteiger partial charge in [-0.3, -0.25) is 15.0 Å². The van der Waals surface area contributed by atoms with E-state index in [1.807, 2.05) is 6.07 Å². The lowest BCUT2D eigenvalue weighted by molar-refractivity contribution is -0.385. The fourth-order valence-corrected chi connectivity index (χ4v) is 2.84. The van der Waals surface area contributed by atoms with Gasteiger partial charge in [-0.15, -0.1) is 12.4 Å². The molecule has 2 rings (SSSR count). The van der Waals surface area contributed by atoms with Crippen LogP contribution in [0.4, 0.5) is 5.69 Å². The van der Waals surface area contributed by atoms with E-state index in [9.17, 15) is 10.1 Å². The standard InChI is InChI=1S/C13H18BrN3O2.ClH/c1-9-7-16(5-4-12(9)15)8-10-2-3-11(14)13(6-10)17(18)19;/h2-3,6,9,12H,4-5,7-8,15H2,1H3;1H. The van der Waals surface area contributed by atoms with Gasteiger partial charge in [-0.25, -0.2) is 0 Å². The summed E-state index contributed by atoms with van der Waals surface area (Å²) >= 11 is 3.20. The van der Waals surface area contributed by atoms with Crippen LogP contribution in [0.1, 0.15) is 18.9 Å². The van der Waals surface area contributed by atoms with Gasteiger partial charge < -0.3 is 5.73 Å². The van der Waals surface area contributed by atoms with E-state index < -0.39 is 0 Å². The second-order valence-electron chi connectivity index (χ2n) is 5.21. The van der Waals surface area contributed by atoms with Crippen molar-refractivity contribution in [3.63, 3.8) is 0 Å². The SMILES string of the molecule is CC1CN(Cc2ccc(Br)c([N+](=O)[O-])c2)CCC1N.Cl. The third kappa shape index (κ3) is 4.15. The van der Waals surface area contributed by atoms with Crippen molar-refractivity contribution >= 4 is 34.0 Å². The Kier molecular flexibility index (Phi) is 6.39. The van der Waals surface area contributed by atoms with Crippen molar-refractivity contribution in [3.8, 4) is 0 Å². The first kappa shape index (κ1) is 17.4. The summed E-state index contributed by atoms with van der Waals surface area (Å²) < 4.78 is 0.523. The van der Waals surface area contributed by atoms with Crippen LogP contribution in [0.5, 0.6) is 0 Å². The Morgan fingerprint density at radius 1 is 1.55 bits per heavy atom. The monoisotopic (exact) mass is 363 g/mol. The summed E-state index contributed by atoms with van der Waals surface area (Å²) in [5.74, 6) is 0.471. The van der Waals surface area contributed by atoms with Crippen molar-refractivity contribution in [1.29, 1.82) is 0 Å². The Hall–Kier alpha value is -0.690. The van der Waals surface area contributed by atoms with Crippen LogP contribution in [0.2, 0.25) is 0 Å². The Labute approximate surface area is 133 Å². The van der Waals surface area contributed by atoms with Gasteiger partial charge in [0.15, 0.2) is 0 Å². The summed E-state index contributed by atoms with van der Waals surface area (Å²) in [6.07, 6.45) is 0.986. The molecule has 0 aliphatic carbocycles. The molecule has 2 N–H and O–H groups in total. The fourth-order valence-electron chi connectivity index (χ4n) is 2.45. The molecule has 2 atom stereocenters. The molecule has 1 heterocycles. The zero-order chi connectivity index (χ0) is 14.0. The molecule has 20 heavy (non-hydrogen) atoms. The first-order valence-corrected chi connectivity index (χ1v) is 7.17.